The molecule has 0 heteroatoms. The number of allylic oxidation sites excluding steroid dienone is 4. The normalized spacial score (nSPS) is 22.4. The van der Waals surface area contributed by atoms with Gasteiger partial charge in [-0.25, -0.2) is 0 Å². The molecule has 0 spiro atoms. The summed E-state index contributed by atoms with van der Waals surface area (Å²) in [6.45, 7) is 0. The summed E-state index contributed by atoms with van der Waals surface area (Å²) in [5, 5.41) is 0. The SMILES string of the molecule is C1=CC(CC2(c3ccccc3)CCCC2)C=C1. The average Bonchev–Trinajstić information content (AvgIpc) is 3.03. The third kappa shape index (κ3) is 2.09. The lowest BCUT2D eigenvalue weighted by molar-refractivity contribution is 0.379. The maximum atomic E-state index is 2.35. The summed E-state index contributed by atoms with van der Waals surface area (Å²) in [6, 6.07) is 11.2. The van der Waals surface area contributed by atoms with Gasteiger partial charge in [-0.3, -0.25) is 0 Å². The van der Waals surface area contributed by atoms with Gasteiger partial charge in [0.15, 0.2) is 0 Å². The molecule has 3 rings (SSSR count). The zero-order chi connectivity index (χ0) is 11.6. The van der Waals surface area contributed by atoms with Crippen molar-refractivity contribution < 1.29 is 0 Å². The van der Waals surface area contributed by atoms with Crippen LogP contribution >= 0.6 is 0 Å². The van der Waals surface area contributed by atoms with Crippen LogP contribution in [0.15, 0.2) is 54.6 Å². The number of benzene rings is 1. The average molecular weight is 224 g/mol. The second-order valence-electron chi connectivity index (χ2n) is 5.49. The van der Waals surface area contributed by atoms with Crippen molar-refractivity contribution in [2.24, 2.45) is 5.92 Å². The third-order valence-electron chi connectivity index (χ3n) is 4.40. The molecule has 0 aromatic heterocycles. The molecule has 0 radical (unpaired) electrons. The summed E-state index contributed by atoms with van der Waals surface area (Å²) in [4.78, 5) is 0. The van der Waals surface area contributed by atoms with E-state index in [2.05, 4.69) is 54.6 Å². The number of hydrogen-bond donors (Lipinski definition) is 0. The van der Waals surface area contributed by atoms with Crippen LogP contribution in [0.3, 0.4) is 0 Å². The lowest BCUT2D eigenvalue weighted by atomic mass is 9.73. The van der Waals surface area contributed by atoms with Gasteiger partial charge in [-0.2, -0.15) is 0 Å². The molecule has 0 unspecified atom stereocenters. The van der Waals surface area contributed by atoms with Crippen LogP contribution in [0, 0.1) is 5.92 Å². The fraction of sp³-hybridized carbons (Fsp3) is 0.412. The Kier molecular flexibility index (Phi) is 2.88. The summed E-state index contributed by atoms with van der Waals surface area (Å²) in [5.41, 5.74) is 2.01. The predicted molar refractivity (Wildman–Crippen MR) is 73.0 cm³/mol. The summed E-state index contributed by atoms with van der Waals surface area (Å²) in [5.74, 6) is 0.660. The summed E-state index contributed by atoms with van der Waals surface area (Å²) in [6.07, 6.45) is 15.9. The van der Waals surface area contributed by atoms with Gasteiger partial charge >= 0.3 is 0 Å². The molecule has 2 aliphatic rings. The van der Waals surface area contributed by atoms with Crippen LogP contribution in [0.25, 0.3) is 0 Å². The van der Waals surface area contributed by atoms with E-state index in [1.165, 1.54) is 32.1 Å². The number of rotatable bonds is 3. The highest BCUT2D eigenvalue weighted by atomic mass is 14.4. The van der Waals surface area contributed by atoms with Gasteiger partial charge < -0.3 is 0 Å². The van der Waals surface area contributed by atoms with Crippen molar-refractivity contribution in [2.45, 2.75) is 37.5 Å². The van der Waals surface area contributed by atoms with Crippen LogP contribution in [0.4, 0.5) is 0 Å². The van der Waals surface area contributed by atoms with E-state index in [0.717, 1.165) is 0 Å². The van der Waals surface area contributed by atoms with Gasteiger partial charge in [-0.15, -0.1) is 0 Å². The van der Waals surface area contributed by atoms with Gasteiger partial charge in [-0.1, -0.05) is 67.5 Å². The van der Waals surface area contributed by atoms with Crippen LogP contribution in [0.5, 0.6) is 0 Å². The van der Waals surface area contributed by atoms with Crippen LogP contribution in [-0.4, -0.2) is 0 Å². The highest BCUT2D eigenvalue weighted by Gasteiger charge is 2.36. The molecule has 1 saturated carbocycles. The Morgan fingerprint density at radius 3 is 2.24 bits per heavy atom. The van der Waals surface area contributed by atoms with E-state index in [-0.39, 0.29) is 0 Å². The molecule has 17 heavy (non-hydrogen) atoms. The minimum Gasteiger partial charge on any atom is -0.0776 e. The molecular formula is C17H20. The Labute approximate surface area is 104 Å². The predicted octanol–water partition coefficient (Wildman–Crippen LogP) is 4.63. The number of hydrogen-bond acceptors (Lipinski definition) is 0. The molecule has 1 fully saturated rings. The van der Waals surface area contributed by atoms with E-state index in [1.54, 1.807) is 5.56 Å². The van der Waals surface area contributed by atoms with Gasteiger partial charge in [0.2, 0.25) is 0 Å². The van der Waals surface area contributed by atoms with Crippen molar-refractivity contribution in [3.63, 3.8) is 0 Å². The monoisotopic (exact) mass is 224 g/mol. The Hall–Kier alpha value is -1.30. The Balaban J connectivity index is 1.87. The molecule has 88 valence electrons. The fourth-order valence-electron chi connectivity index (χ4n) is 3.52. The fourth-order valence-corrected chi connectivity index (χ4v) is 3.52. The first-order chi connectivity index (χ1) is 8.39. The molecule has 0 heterocycles. The van der Waals surface area contributed by atoms with E-state index in [9.17, 15) is 0 Å². The molecule has 0 saturated heterocycles. The molecule has 0 amide bonds. The van der Waals surface area contributed by atoms with E-state index in [0.29, 0.717) is 11.3 Å². The quantitative estimate of drug-likeness (QED) is 0.702. The van der Waals surface area contributed by atoms with Gasteiger partial charge in [0.1, 0.15) is 0 Å². The molecule has 1 aromatic carbocycles. The maximum Gasteiger partial charge on any atom is -0.00384 e. The molecule has 0 nitrogen and oxygen atoms in total. The second-order valence-corrected chi connectivity index (χ2v) is 5.49. The van der Waals surface area contributed by atoms with E-state index < -0.39 is 0 Å². The first-order valence-electron chi connectivity index (χ1n) is 6.80. The molecule has 0 N–H and O–H groups in total. The first-order valence-corrected chi connectivity index (χ1v) is 6.80. The van der Waals surface area contributed by atoms with Crippen LogP contribution in [-0.2, 0) is 5.41 Å². The minimum absolute atomic E-state index is 0.449. The Bertz CT molecular complexity index is 407. The van der Waals surface area contributed by atoms with Crippen molar-refractivity contribution in [3.8, 4) is 0 Å². The zero-order valence-corrected chi connectivity index (χ0v) is 10.3. The molecule has 1 aromatic rings. The zero-order valence-electron chi connectivity index (χ0n) is 10.3. The van der Waals surface area contributed by atoms with E-state index in [4.69, 9.17) is 0 Å². The van der Waals surface area contributed by atoms with Crippen molar-refractivity contribution in [1.82, 2.24) is 0 Å². The Morgan fingerprint density at radius 1 is 0.941 bits per heavy atom. The topological polar surface area (TPSA) is 0 Å². The summed E-state index contributed by atoms with van der Waals surface area (Å²) in [7, 11) is 0. The van der Waals surface area contributed by atoms with Gasteiger partial charge in [0.25, 0.3) is 0 Å². The van der Waals surface area contributed by atoms with Crippen LogP contribution in [0.2, 0.25) is 0 Å². The van der Waals surface area contributed by atoms with Gasteiger partial charge in [0.05, 0.1) is 0 Å². The van der Waals surface area contributed by atoms with E-state index in [1.807, 2.05) is 0 Å². The molecule has 0 aliphatic heterocycles. The molecular weight excluding hydrogens is 204 g/mol. The summed E-state index contributed by atoms with van der Waals surface area (Å²) < 4.78 is 0. The van der Waals surface area contributed by atoms with Crippen molar-refractivity contribution >= 4 is 0 Å². The minimum atomic E-state index is 0.449. The molecule has 0 bridgehead atoms. The van der Waals surface area contributed by atoms with E-state index >= 15 is 0 Å². The van der Waals surface area contributed by atoms with Crippen LogP contribution < -0.4 is 0 Å². The molecule has 2 aliphatic carbocycles. The lowest BCUT2D eigenvalue weighted by Gasteiger charge is -2.31. The van der Waals surface area contributed by atoms with Gasteiger partial charge in [0, 0.05) is 0 Å². The lowest BCUT2D eigenvalue weighted by Crippen LogP contribution is -2.24. The highest BCUT2D eigenvalue weighted by Crippen LogP contribution is 2.46. The first kappa shape index (κ1) is 10.8. The standard InChI is InChI=1S/C17H20/c1-2-10-16(11-3-1)17(12-6-7-13-17)14-15-8-4-5-9-15/h1-5,8-11,15H,6-7,12-14H2. The third-order valence-corrected chi connectivity index (χ3v) is 4.40. The maximum absolute atomic E-state index is 2.35. The highest BCUT2D eigenvalue weighted by molar-refractivity contribution is 5.29. The summed E-state index contributed by atoms with van der Waals surface area (Å²) >= 11 is 0. The Morgan fingerprint density at radius 2 is 1.59 bits per heavy atom. The van der Waals surface area contributed by atoms with Crippen molar-refractivity contribution in [3.05, 3.63) is 60.2 Å². The smallest absolute Gasteiger partial charge is 0.00384 e. The van der Waals surface area contributed by atoms with Gasteiger partial charge in [-0.05, 0) is 36.2 Å². The molecule has 0 atom stereocenters. The van der Waals surface area contributed by atoms with Crippen LogP contribution in [0.1, 0.15) is 37.7 Å². The largest absolute Gasteiger partial charge is 0.0776 e. The van der Waals surface area contributed by atoms with Crippen molar-refractivity contribution in [2.75, 3.05) is 0 Å². The second kappa shape index (κ2) is 4.52. The van der Waals surface area contributed by atoms with Crippen molar-refractivity contribution in [1.29, 1.82) is 0 Å².